The van der Waals surface area contributed by atoms with E-state index in [2.05, 4.69) is 5.32 Å². The van der Waals surface area contributed by atoms with E-state index >= 15 is 0 Å². The third kappa shape index (κ3) is 2.29. The van der Waals surface area contributed by atoms with Crippen LogP contribution in [0.15, 0.2) is 18.2 Å². The first-order valence-corrected chi connectivity index (χ1v) is 5.46. The van der Waals surface area contributed by atoms with E-state index in [0.29, 0.717) is 5.56 Å². The Morgan fingerprint density at radius 3 is 2.82 bits per heavy atom. The first-order chi connectivity index (χ1) is 8.11. The lowest BCUT2D eigenvalue weighted by Gasteiger charge is -2.13. The zero-order chi connectivity index (χ0) is 12.4. The van der Waals surface area contributed by atoms with Gasteiger partial charge in [0, 0.05) is 12.5 Å². The Morgan fingerprint density at radius 1 is 1.41 bits per heavy atom. The third-order valence-electron chi connectivity index (χ3n) is 2.96. The molecule has 0 saturated carbocycles. The summed E-state index contributed by atoms with van der Waals surface area (Å²) in [6.07, 6.45) is 1.74. The van der Waals surface area contributed by atoms with Crippen molar-refractivity contribution >= 4 is 11.8 Å². The number of hydrogen-bond acceptors (Lipinski definition) is 3. The van der Waals surface area contributed by atoms with Gasteiger partial charge in [-0.25, -0.2) is 5.48 Å². The highest BCUT2D eigenvalue weighted by atomic mass is 16.5. The molecule has 1 aliphatic carbocycles. The summed E-state index contributed by atoms with van der Waals surface area (Å²) >= 11 is 0. The van der Waals surface area contributed by atoms with Crippen molar-refractivity contribution in [1.29, 1.82) is 0 Å². The monoisotopic (exact) mass is 234 g/mol. The van der Waals surface area contributed by atoms with Gasteiger partial charge in [0.2, 0.25) is 5.91 Å². The number of nitrogens with one attached hydrogen (secondary N) is 2. The van der Waals surface area contributed by atoms with Crippen molar-refractivity contribution in [3.05, 3.63) is 34.9 Å². The lowest BCUT2D eigenvalue weighted by molar-refractivity contribution is -0.119. The van der Waals surface area contributed by atoms with Crippen LogP contribution >= 0.6 is 0 Å². The minimum absolute atomic E-state index is 0.0334. The summed E-state index contributed by atoms with van der Waals surface area (Å²) in [7, 11) is 0. The third-order valence-corrected chi connectivity index (χ3v) is 2.96. The van der Waals surface area contributed by atoms with Crippen LogP contribution in [0.5, 0.6) is 0 Å². The molecule has 0 aliphatic heterocycles. The van der Waals surface area contributed by atoms with E-state index in [-0.39, 0.29) is 11.9 Å². The van der Waals surface area contributed by atoms with Gasteiger partial charge in [-0.1, -0.05) is 6.07 Å². The van der Waals surface area contributed by atoms with Crippen molar-refractivity contribution in [2.24, 2.45) is 0 Å². The Labute approximate surface area is 98.8 Å². The quantitative estimate of drug-likeness (QED) is 0.526. The lowest BCUT2D eigenvalue weighted by atomic mass is 10.0. The maximum atomic E-state index is 11.3. The topological polar surface area (TPSA) is 78.4 Å². The minimum atomic E-state index is -0.540. The molecule has 1 unspecified atom stereocenters. The Kier molecular flexibility index (Phi) is 3.10. The Balaban J connectivity index is 2.30. The summed E-state index contributed by atoms with van der Waals surface area (Å²) in [5, 5.41) is 11.4. The van der Waals surface area contributed by atoms with Gasteiger partial charge in [0.1, 0.15) is 0 Å². The smallest absolute Gasteiger partial charge is 0.274 e. The maximum absolute atomic E-state index is 11.3. The molecule has 1 aliphatic rings. The average Bonchev–Trinajstić information content (AvgIpc) is 2.70. The van der Waals surface area contributed by atoms with E-state index < -0.39 is 5.91 Å². The van der Waals surface area contributed by atoms with Crippen LogP contribution in [0.2, 0.25) is 0 Å². The number of carbonyl (C=O) groups is 2. The molecule has 0 bridgehead atoms. The van der Waals surface area contributed by atoms with Gasteiger partial charge in [-0.2, -0.15) is 0 Å². The highest BCUT2D eigenvalue weighted by Gasteiger charge is 2.24. The molecule has 1 aromatic rings. The minimum Gasteiger partial charge on any atom is -0.350 e. The van der Waals surface area contributed by atoms with Crippen molar-refractivity contribution < 1.29 is 14.8 Å². The number of hydrogen-bond donors (Lipinski definition) is 3. The van der Waals surface area contributed by atoms with E-state index in [1.807, 2.05) is 6.07 Å². The van der Waals surface area contributed by atoms with Gasteiger partial charge >= 0.3 is 0 Å². The van der Waals surface area contributed by atoms with E-state index in [9.17, 15) is 9.59 Å². The number of aryl methyl sites for hydroxylation is 1. The summed E-state index contributed by atoms with van der Waals surface area (Å²) in [5.74, 6) is -0.624. The molecule has 2 amide bonds. The predicted molar refractivity (Wildman–Crippen MR) is 60.6 cm³/mol. The molecule has 0 fully saturated rings. The van der Waals surface area contributed by atoms with Crippen molar-refractivity contribution in [1.82, 2.24) is 10.8 Å². The number of benzene rings is 1. The van der Waals surface area contributed by atoms with Gasteiger partial charge in [-0.3, -0.25) is 14.8 Å². The van der Waals surface area contributed by atoms with E-state index in [1.165, 1.54) is 6.92 Å². The highest BCUT2D eigenvalue weighted by molar-refractivity contribution is 5.93. The Bertz CT molecular complexity index is 471. The fraction of sp³-hybridized carbons (Fsp3) is 0.333. The molecule has 3 N–H and O–H groups in total. The molecular formula is C12H14N2O3. The fourth-order valence-corrected chi connectivity index (χ4v) is 2.20. The number of amides is 2. The van der Waals surface area contributed by atoms with Crippen LogP contribution in [0, 0.1) is 0 Å². The van der Waals surface area contributed by atoms with Gasteiger partial charge in [0.15, 0.2) is 0 Å². The number of hydroxylamine groups is 1. The maximum Gasteiger partial charge on any atom is 0.274 e. The molecular weight excluding hydrogens is 220 g/mol. The Hall–Kier alpha value is -1.88. The first kappa shape index (κ1) is 11.6. The molecule has 0 aromatic heterocycles. The number of fused-ring (bicyclic) bond motifs is 1. The molecule has 5 heteroatoms. The lowest BCUT2D eigenvalue weighted by Crippen LogP contribution is -2.24. The molecule has 5 nitrogen and oxygen atoms in total. The second kappa shape index (κ2) is 4.55. The fourth-order valence-electron chi connectivity index (χ4n) is 2.20. The molecule has 0 radical (unpaired) electrons. The van der Waals surface area contributed by atoms with Gasteiger partial charge < -0.3 is 5.32 Å². The molecule has 0 saturated heterocycles. The van der Waals surface area contributed by atoms with Crippen LogP contribution in [0.25, 0.3) is 0 Å². The summed E-state index contributed by atoms with van der Waals surface area (Å²) < 4.78 is 0. The van der Waals surface area contributed by atoms with Crippen LogP contribution in [-0.2, 0) is 11.2 Å². The van der Waals surface area contributed by atoms with E-state index in [0.717, 1.165) is 24.0 Å². The molecule has 1 aromatic carbocycles. The summed E-state index contributed by atoms with van der Waals surface area (Å²) in [6, 6.07) is 5.21. The van der Waals surface area contributed by atoms with E-state index in [4.69, 9.17) is 5.21 Å². The SMILES string of the molecule is CC(=O)NC1CCc2ccc(C(=O)NO)cc21. The largest absolute Gasteiger partial charge is 0.350 e. The zero-order valence-corrected chi connectivity index (χ0v) is 9.49. The van der Waals surface area contributed by atoms with Crippen molar-refractivity contribution in [2.75, 3.05) is 0 Å². The number of carbonyl (C=O) groups excluding carboxylic acids is 2. The van der Waals surface area contributed by atoms with Crippen molar-refractivity contribution in [2.45, 2.75) is 25.8 Å². The van der Waals surface area contributed by atoms with Gasteiger partial charge in [-0.15, -0.1) is 0 Å². The normalized spacial score (nSPS) is 17.4. The molecule has 17 heavy (non-hydrogen) atoms. The Morgan fingerprint density at radius 2 is 2.18 bits per heavy atom. The average molecular weight is 234 g/mol. The van der Waals surface area contributed by atoms with Crippen LogP contribution in [-0.4, -0.2) is 17.0 Å². The molecule has 2 rings (SSSR count). The molecule has 90 valence electrons. The highest BCUT2D eigenvalue weighted by Crippen LogP contribution is 2.31. The van der Waals surface area contributed by atoms with Crippen molar-refractivity contribution in [3.63, 3.8) is 0 Å². The van der Waals surface area contributed by atoms with Crippen LogP contribution in [0.4, 0.5) is 0 Å². The molecule has 0 heterocycles. The second-order valence-corrected chi connectivity index (χ2v) is 4.15. The number of rotatable bonds is 2. The van der Waals surface area contributed by atoms with Crippen molar-refractivity contribution in [3.8, 4) is 0 Å². The summed E-state index contributed by atoms with van der Waals surface area (Å²) in [4.78, 5) is 22.3. The summed E-state index contributed by atoms with van der Waals surface area (Å²) in [5.41, 5.74) is 4.09. The molecule has 1 atom stereocenters. The van der Waals surface area contributed by atoms with Gasteiger partial charge in [-0.05, 0) is 36.1 Å². The van der Waals surface area contributed by atoms with Crippen LogP contribution in [0.3, 0.4) is 0 Å². The summed E-state index contributed by atoms with van der Waals surface area (Å²) in [6.45, 7) is 1.47. The van der Waals surface area contributed by atoms with Gasteiger partial charge in [0.05, 0.1) is 6.04 Å². The van der Waals surface area contributed by atoms with Crippen LogP contribution in [0.1, 0.15) is 40.9 Å². The van der Waals surface area contributed by atoms with E-state index in [1.54, 1.807) is 17.6 Å². The zero-order valence-electron chi connectivity index (χ0n) is 9.49. The molecule has 0 spiro atoms. The van der Waals surface area contributed by atoms with Gasteiger partial charge in [0.25, 0.3) is 5.91 Å². The second-order valence-electron chi connectivity index (χ2n) is 4.15. The predicted octanol–water partition coefficient (Wildman–Crippen LogP) is 0.929. The van der Waals surface area contributed by atoms with Crippen LogP contribution < -0.4 is 10.8 Å². The first-order valence-electron chi connectivity index (χ1n) is 5.46. The standard InChI is InChI=1S/C12H14N2O3/c1-7(15)13-11-5-4-8-2-3-9(6-10(8)11)12(16)14-17/h2-3,6,11,17H,4-5H2,1H3,(H,13,15)(H,14,16).